The molecule has 1 heterocycles. The summed E-state index contributed by atoms with van der Waals surface area (Å²) in [4.78, 5) is 0. The molecule has 0 aromatic heterocycles. The van der Waals surface area contributed by atoms with E-state index in [9.17, 15) is 0 Å². The van der Waals surface area contributed by atoms with Crippen molar-refractivity contribution in [3.63, 3.8) is 0 Å². The van der Waals surface area contributed by atoms with Crippen molar-refractivity contribution >= 4 is 32.3 Å². The molecule has 258 valence electrons. The lowest BCUT2D eigenvalue weighted by Gasteiger charge is -2.31. The summed E-state index contributed by atoms with van der Waals surface area (Å²) < 4.78 is 6.50. The van der Waals surface area contributed by atoms with E-state index in [0.717, 1.165) is 17.1 Å². The van der Waals surface area contributed by atoms with E-state index >= 15 is 0 Å². The first-order valence-corrected chi connectivity index (χ1v) is 19.5. The Morgan fingerprint density at radius 2 is 0.893 bits per heavy atom. The highest BCUT2D eigenvalue weighted by Gasteiger charge is 2.52. The van der Waals surface area contributed by atoms with Crippen molar-refractivity contribution in [3.8, 4) is 67.1 Å². The van der Waals surface area contributed by atoms with Crippen LogP contribution < -0.4 is 4.74 Å². The topological polar surface area (TPSA) is 9.23 Å². The molecule has 56 heavy (non-hydrogen) atoms. The Kier molecular flexibility index (Phi) is 5.89. The van der Waals surface area contributed by atoms with E-state index < -0.39 is 5.41 Å². The van der Waals surface area contributed by atoms with Gasteiger partial charge in [-0.25, -0.2) is 0 Å². The molecular weight excluding hydrogens is 677 g/mol. The van der Waals surface area contributed by atoms with Crippen LogP contribution in [0.1, 0.15) is 22.3 Å². The summed E-state index contributed by atoms with van der Waals surface area (Å²) in [5.41, 5.74) is 17.5. The van der Waals surface area contributed by atoms with E-state index in [4.69, 9.17) is 4.74 Å². The maximum atomic E-state index is 6.50. The molecule has 0 atom stereocenters. The van der Waals surface area contributed by atoms with E-state index in [1.54, 1.807) is 0 Å². The number of benzene rings is 10. The van der Waals surface area contributed by atoms with Gasteiger partial charge in [-0.05, 0) is 130 Å². The molecular formula is C55H32O. The summed E-state index contributed by atoms with van der Waals surface area (Å²) in [5.74, 6) is 1.82. The molecule has 1 aliphatic heterocycles. The summed E-state index contributed by atoms with van der Waals surface area (Å²) in [6.45, 7) is 0. The van der Waals surface area contributed by atoms with Crippen molar-refractivity contribution in [2.45, 2.75) is 5.41 Å². The predicted octanol–water partition coefficient (Wildman–Crippen LogP) is 14.6. The Balaban J connectivity index is 1.13. The van der Waals surface area contributed by atoms with Crippen LogP contribution in [0.2, 0.25) is 0 Å². The molecule has 3 aliphatic rings. The van der Waals surface area contributed by atoms with Gasteiger partial charge >= 0.3 is 0 Å². The number of ether oxygens (including phenoxy) is 1. The molecule has 10 aromatic carbocycles. The van der Waals surface area contributed by atoms with Gasteiger partial charge in [0.2, 0.25) is 0 Å². The Morgan fingerprint density at radius 3 is 1.70 bits per heavy atom. The fraction of sp³-hybridized carbons (Fsp3) is 0.0182. The van der Waals surface area contributed by atoms with Crippen molar-refractivity contribution in [1.82, 2.24) is 0 Å². The summed E-state index contributed by atoms with van der Waals surface area (Å²) in [5, 5.41) is 7.38. The number of hydrogen-bond donors (Lipinski definition) is 0. The standard InChI is InChI=1S/C55H32O/c1-2-16-38-33(12-1)13-9-20-42(38)53-39-28-26-35(36-27-29-50-45(31-36)43-21-10-14-34-15-11-25-51(56-50)52(34)43)30-37(39)32-49-54(53)44-19-5-8-24-48(44)55(49)46-22-6-3-17-40(46)41-18-4-7-23-47(41)55/h1-32H. The van der Waals surface area contributed by atoms with Gasteiger partial charge < -0.3 is 4.74 Å². The Labute approximate surface area is 324 Å². The molecule has 2 aliphatic carbocycles. The van der Waals surface area contributed by atoms with Crippen molar-refractivity contribution in [2.75, 3.05) is 0 Å². The van der Waals surface area contributed by atoms with E-state index in [-0.39, 0.29) is 0 Å². The third-order valence-electron chi connectivity index (χ3n) is 12.8. The van der Waals surface area contributed by atoms with Crippen molar-refractivity contribution in [3.05, 3.63) is 216 Å². The number of hydrogen-bond acceptors (Lipinski definition) is 1. The van der Waals surface area contributed by atoms with E-state index in [2.05, 4.69) is 194 Å². The molecule has 0 amide bonds. The van der Waals surface area contributed by atoms with Gasteiger partial charge in [-0.1, -0.05) is 164 Å². The fourth-order valence-corrected chi connectivity index (χ4v) is 10.6. The second-order valence-electron chi connectivity index (χ2n) is 15.5. The van der Waals surface area contributed by atoms with E-state index in [1.165, 1.54) is 105 Å². The van der Waals surface area contributed by atoms with E-state index in [1.807, 2.05) is 0 Å². The Hall–Kier alpha value is -7.22. The smallest absolute Gasteiger partial charge is 0.135 e. The zero-order valence-electron chi connectivity index (χ0n) is 30.4. The molecule has 1 spiro atoms. The van der Waals surface area contributed by atoms with Crippen LogP contribution in [0.5, 0.6) is 11.5 Å². The summed E-state index contributed by atoms with van der Waals surface area (Å²) in [6.07, 6.45) is 0. The minimum absolute atomic E-state index is 0.447. The zero-order chi connectivity index (χ0) is 36.5. The Bertz CT molecular complexity index is 3290. The highest BCUT2D eigenvalue weighted by atomic mass is 16.5. The van der Waals surface area contributed by atoms with Crippen LogP contribution >= 0.6 is 0 Å². The van der Waals surface area contributed by atoms with Crippen LogP contribution in [0, 0.1) is 0 Å². The van der Waals surface area contributed by atoms with Gasteiger partial charge in [-0.2, -0.15) is 0 Å². The van der Waals surface area contributed by atoms with Gasteiger partial charge in [-0.15, -0.1) is 0 Å². The lowest BCUT2D eigenvalue weighted by atomic mass is 9.70. The first-order chi connectivity index (χ1) is 27.8. The van der Waals surface area contributed by atoms with Crippen molar-refractivity contribution < 1.29 is 4.74 Å². The lowest BCUT2D eigenvalue weighted by molar-refractivity contribution is 0.487. The normalized spacial score (nSPS) is 13.6. The maximum absolute atomic E-state index is 6.50. The molecule has 0 saturated heterocycles. The van der Waals surface area contributed by atoms with E-state index in [0.29, 0.717) is 0 Å². The van der Waals surface area contributed by atoms with Gasteiger partial charge in [-0.3, -0.25) is 0 Å². The molecule has 0 saturated carbocycles. The summed E-state index contributed by atoms with van der Waals surface area (Å²) >= 11 is 0. The lowest BCUT2D eigenvalue weighted by Crippen LogP contribution is -2.25. The van der Waals surface area contributed by atoms with Gasteiger partial charge in [0.25, 0.3) is 0 Å². The molecule has 0 radical (unpaired) electrons. The maximum Gasteiger partial charge on any atom is 0.135 e. The van der Waals surface area contributed by atoms with Gasteiger partial charge in [0.15, 0.2) is 0 Å². The predicted molar refractivity (Wildman–Crippen MR) is 232 cm³/mol. The second-order valence-corrected chi connectivity index (χ2v) is 15.5. The summed E-state index contributed by atoms with van der Waals surface area (Å²) in [6, 6.07) is 72.2. The van der Waals surface area contributed by atoms with Crippen molar-refractivity contribution in [2.24, 2.45) is 0 Å². The van der Waals surface area contributed by atoms with Gasteiger partial charge in [0, 0.05) is 10.9 Å². The zero-order valence-corrected chi connectivity index (χ0v) is 30.4. The van der Waals surface area contributed by atoms with Crippen LogP contribution in [0.25, 0.3) is 88.0 Å². The monoisotopic (exact) mass is 708 g/mol. The molecule has 0 fully saturated rings. The van der Waals surface area contributed by atoms with Crippen LogP contribution in [-0.4, -0.2) is 0 Å². The van der Waals surface area contributed by atoms with Crippen LogP contribution in [-0.2, 0) is 5.41 Å². The quantitative estimate of drug-likeness (QED) is 0.174. The van der Waals surface area contributed by atoms with Crippen LogP contribution in [0.4, 0.5) is 0 Å². The Morgan fingerprint density at radius 1 is 0.304 bits per heavy atom. The minimum Gasteiger partial charge on any atom is -0.456 e. The van der Waals surface area contributed by atoms with Gasteiger partial charge in [0.1, 0.15) is 11.5 Å². The molecule has 1 nitrogen and oxygen atoms in total. The molecule has 0 N–H and O–H groups in total. The SMILES string of the molecule is c1ccc2c(c1)-c1ccccc1C21c2ccccc2-c2c1cc1cc(-c3ccc4c(c3)-c3cccc5cccc(c35)O4)ccc1c2-c1cccc2ccccc12. The average molecular weight is 709 g/mol. The molecule has 1 heteroatoms. The van der Waals surface area contributed by atoms with Crippen molar-refractivity contribution in [1.29, 1.82) is 0 Å². The van der Waals surface area contributed by atoms with Gasteiger partial charge in [0.05, 0.1) is 5.41 Å². The minimum atomic E-state index is -0.447. The summed E-state index contributed by atoms with van der Waals surface area (Å²) in [7, 11) is 0. The first-order valence-electron chi connectivity index (χ1n) is 19.5. The van der Waals surface area contributed by atoms with Crippen LogP contribution in [0.3, 0.4) is 0 Å². The molecule has 10 aromatic rings. The largest absolute Gasteiger partial charge is 0.456 e. The first kappa shape index (κ1) is 30.1. The third-order valence-corrected chi connectivity index (χ3v) is 12.8. The number of rotatable bonds is 2. The third kappa shape index (κ3) is 3.79. The fourth-order valence-electron chi connectivity index (χ4n) is 10.6. The molecule has 13 rings (SSSR count). The highest BCUT2D eigenvalue weighted by Crippen LogP contribution is 2.65. The molecule has 0 unspecified atom stereocenters. The van der Waals surface area contributed by atoms with Crippen LogP contribution in [0.15, 0.2) is 194 Å². The number of fused-ring (bicyclic) bond motifs is 14. The second kappa shape index (κ2) is 10.9. The molecule has 0 bridgehead atoms. The highest BCUT2D eigenvalue weighted by molar-refractivity contribution is 6.15. The average Bonchev–Trinajstić information content (AvgIpc) is 3.72.